The summed E-state index contributed by atoms with van der Waals surface area (Å²) in [5.74, 6) is 0. The molecule has 0 spiro atoms. The van der Waals surface area contributed by atoms with E-state index in [0.717, 1.165) is 6.54 Å². The summed E-state index contributed by atoms with van der Waals surface area (Å²) in [5.41, 5.74) is 1.34. The first kappa shape index (κ1) is 9.44. The smallest absolute Gasteiger partial charge is 0.0160 e. The first-order valence-electron chi connectivity index (χ1n) is 3.57. The third-order valence-corrected chi connectivity index (χ3v) is 1.04. The molecular formula is C9H17N. The number of allylic oxidation sites excluding steroid dienone is 3. The first-order valence-corrected chi connectivity index (χ1v) is 3.57. The SMILES string of the molecule is CC(C)=C/C=C\CN(C)C. The van der Waals surface area contributed by atoms with Gasteiger partial charge in [0.2, 0.25) is 0 Å². The lowest BCUT2D eigenvalue weighted by molar-refractivity contribution is 0.456. The predicted octanol–water partition coefficient (Wildman–Crippen LogP) is 2.07. The van der Waals surface area contributed by atoms with Crippen molar-refractivity contribution in [2.75, 3.05) is 20.6 Å². The van der Waals surface area contributed by atoms with E-state index in [1.54, 1.807) is 0 Å². The van der Waals surface area contributed by atoms with Crippen molar-refractivity contribution in [2.24, 2.45) is 0 Å². The third kappa shape index (κ3) is 7.44. The highest BCUT2D eigenvalue weighted by Gasteiger charge is 1.79. The molecule has 0 radical (unpaired) electrons. The first-order chi connectivity index (χ1) is 4.63. The molecule has 1 heteroatoms. The van der Waals surface area contributed by atoms with E-state index in [-0.39, 0.29) is 0 Å². The van der Waals surface area contributed by atoms with Crippen molar-refractivity contribution in [3.8, 4) is 0 Å². The second-order valence-corrected chi connectivity index (χ2v) is 2.93. The average Bonchev–Trinajstić information content (AvgIpc) is 1.79. The molecule has 0 saturated carbocycles. The molecule has 0 aliphatic carbocycles. The number of nitrogens with zero attached hydrogens (tertiary/aromatic N) is 1. The summed E-state index contributed by atoms with van der Waals surface area (Å²) >= 11 is 0. The maximum Gasteiger partial charge on any atom is 0.0160 e. The van der Waals surface area contributed by atoms with Crippen LogP contribution >= 0.6 is 0 Å². The molecule has 0 atom stereocenters. The van der Waals surface area contributed by atoms with Crippen LogP contribution in [0, 0.1) is 0 Å². The quantitative estimate of drug-likeness (QED) is 0.541. The zero-order chi connectivity index (χ0) is 7.98. The van der Waals surface area contributed by atoms with E-state index in [0.29, 0.717) is 0 Å². The van der Waals surface area contributed by atoms with Crippen LogP contribution in [0.15, 0.2) is 23.8 Å². The fourth-order valence-electron chi connectivity index (χ4n) is 0.532. The highest BCUT2D eigenvalue weighted by Crippen LogP contribution is 1.88. The van der Waals surface area contributed by atoms with Gasteiger partial charge in [0, 0.05) is 6.54 Å². The van der Waals surface area contributed by atoms with Crippen molar-refractivity contribution in [2.45, 2.75) is 13.8 Å². The largest absolute Gasteiger partial charge is 0.306 e. The monoisotopic (exact) mass is 139 g/mol. The number of hydrogen-bond donors (Lipinski definition) is 0. The topological polar surface area (TPSA) is 3.24 Å². The molecule has 1 nitrogen and oxygen atoms in total. The summed E-state index contributed by atoms with van der Waals surface area (Å²) in [6, 6.07) is 0. The minimum atomic E-state index is 1.02. The van der Waals surface area contributed by atoms with Gasteiger partial charge in [-0.1, -0.05) is 23.8 Å². The van der Waals surface area contributed by atoms with Gasteiger partial charge in [-0.3, -0.25) is 0 Å². The van der Waals surface area contributed by atoms with Gasteiger partial charge in [-0.25, -0.2) is 0 Å². The summed E-state index contributed by atoms with van der Waals surface area (Å²) in [7, 11) is 4.12. The number of likely N-dealkylation sites (N-methyl/N-ethyl adjacent to an activating group) is 1. The van der Waals surface area contributed by atoms with Gasteiger partial charge >= 0.3 is 0 Å². The molecule has 10 heavy (non-hydrogen) atoms. The molecule has 0 aromatic heterocycles. The van der Waals surface area contributed by atoms with E-state index in [1.807, 2.05) is 0 Å². The fraction of sp³-hybridized carbons (Fsp3) is 0.556. The standard InChI is InChI=1S/C9H17N/c1-9(2)7-5-6-8-10(3)4/h5-7H,8H2,1-4H3/b6-5-. The zero-order valence-electron chi connectivity index (χ0n) is 7.39. The van der Waals surface area contributed by atoms with E-state index in [1.165, 1.54) is 5.57 Å². The van der Waals surface area contributed by atoms with Crippen molar-refractivity contribution < 1.29 is 0 Å². The minimum absolute atomic E-state index is 1.02. The highest BCUT2D eigenvalue weighted by atomic mass is 15.0. The summed E-state index contributed by atoms with van der Waals surface area (Å²) in [5, 5.41) is 0. The van der Waals surface area contributed by atoms with Crippen molar-refractivity contribution >= 4 is 0 Å². The van der Waals surface area contributed by atoms with Crippen LogP contribution in [0.3, 0.4) is 0 Å². The van der Waals surface area contributed by atoms with Gasteiger partial charge in [-0.05, 0) is 27.9 Å². The van der Waals surface area contributed by atoms with Gasteiger partial charge < -0.3 is 4.90 Å². The molecular weight excluding hydrogens is 122 g/mol. The summed E-state index contributed by atoms with van der Waals surface area (Å²) in [6.07, 6.45) is 6.35. The van der Waals surface area contributed by atoms with Crippen molar-refractivity contribution in [3.63, 3.8) is 0 Å². The van der Waals surface area contributed by atoms with Crippen LogP contribution in [0.5, 0.6) is 0 Å². The van der Waals surface area contributed by atoms with E-state index < -0.39 is 0 Å². The average molecular weight is 139 g/mol. The maximum atomic E-state index is 2.15. The molecule has 0 aliphatic heterocycles. The summed E-state index contributed by atoms with van der Waals surface area (Å²) in [6.45, 7) is 5.21. The van der Waals surface area contributed by atoms with Gasteiger partial charge in [-0.2, -0.15) is 0 Å². The van der Waals surface area contributed by atoms with Crippen LogP contribution in [0.4, 0.5) is 0 Å². The molecule has 0 aliphatic rings. The lowest BCUT2D eigenvalue weighted by Crippen LogP contribution is -2.10. The lowest BCUT2D eigenvalue weighted by Gasteiger charge is -2.02. The Bertz CT molecular complexity index is 128. The normalized spacial score (nSPS) is 10.9. The lowest BCUT2D eigenvalue weighted by atomic mass is 10.3. The molecule has 0 saturated heterocycles. The highest BCUT2D eigenvalue weighted by molar-refractivity contribution is 5.08. The van der Waals surface area contributed by atoms with Gasteiger partial charge in [0.15, 0.2) is 0 Å². The predicted molar refractivity (Wildman–Crippen MR) is 47.1 cm³/mol. The second-order valence-electron chi connectivity index (χ2n) is 2.93. The summed E-state index contributed by atoms with van der Waals surface area (Å²) < 4.78 is 0. The van der Waals surface area contributed by atoms with Crippen molar-refractivity contribution in [1.29, 1.82) is 0 Å². The van der Waals surface area contributed by atoms with Crippen LogP contribution < -0.4 is 0 Å². The van der Waals surface area contributed by atoms with E-state index >= 15 is 0 Å². The molecule has 58 valence electrons. The molecule has 0 unspecified atom stereocenters. The number of hydrogen-bond acceptors (Lipinski definition) is 1. The Labute approximate surface area is 64.0 Å². The molecule has 0 N–H and O–H groups in total. The second kappa shape index (κ2) is 5.24. The van der Waals surface area contributed by atoms with Gasteiger partial charge in [0.1, 0.15) is 0 Å². The molecule has 0 rings (SSSR count). The maximum absolute atomic E-state index is 2.15. The Balaban J connectivity index is 3.48. The van der Waals surface area contributed by atoms with E-state index in [9.17, 15) is 0 Å². The fourth-order valence-corrected chi connectivity index (χ4v) is 0.532. The van der Waals surface area contributed by atoms with E-state index in [4.69, 9.17) is 0 Å². The Kier molecular flexibility index (Phi) is 4.95. The molecule has 0 aromatic carbocycles. The molecule has 0 bridgehead atoms. The molecule has 0 fully saturated rings. The van der Waals surface area contributed by atoms with Crippen LogP contribution in [-0.2, 0) is 0 Å². The number of rotatable bonds is 3. The van der Waals surface area contributed by atoms with Gasteiger partial charge in [-0.15, -0.1) is 0 Å². The van der Waals surface area contributed by atoms with E-state index in [2.05, 4.69) is 51.1 Å². The van der Waals surface area contributed by atoms with Crippen LogP contribution in [0.2, 0.25) is 0 Å². The van der Waals surface area contributed by atoms with Crippen molar-refractivity contribution in [1.82, 2.24) is 4.90 Å². The van der Waals surface area contributed by atoms with Gasteiger partial charge in [0.25, 0.3) is 0 Å². The Morgan fingerprint density at radius 2 is 1.90 bits per heavy atom. The van der Waals surface area contributed by atoms with Crippen LogP contribution in [0.1, 0.15) is 13.8 Å². The molecule has 0 amide bonds. The molecule has 0 heterocycles. The van der Waals surface area contributed by atoms with Crippen molar-refractivity contribution in [3.05, 3.63) is 23.8 Å². The Morgan fingerprint density at radius 1 is 1.30 bits per heavy atom. The van der Waals surface area contributed by atoms with Gasteiger partial charge in [0.05, 0.1) is 0 Å². The van der Waals surface area contributed by atoms with Crippen LogP contribution in [-0.4, -0.2) is 25.5 Å². The Morgan fingerprint density at radius 3 is 2.30 bits per heavy atom. The third-order valence-electron chi connectivity index (χ3n) is 1.04. The van der Waals surface area contributed by atoms with Crippen LogP contribution in [0.25, 0.3) is 0 Å². The molecule has 0 aromatic rings. The zero-order valence-corrected chi connectivity index (χ0v) is 7.39. The summed E-state index contributed by atoms with van der Waals surface area (Å²) in [4.78, 5) is 2.13. The minimum Gasteiger partial charge on any atom is -0.306 e. The Hall–Kier alpha value is -0.560.